The van der Waals surface area contributed by atoms with E-state index in [9.17, 15) is 14.7 Å². The molecule has 1 unspecified atom stereocenters. The van der Waals surface area contributed by atoms with Crippen molar-refractivity contribution in [3.8, 4) is 5.75 Å². The van der Waals surface area contributed by atoms with Gasteiger partial charge in [-0.25, -0.2) is 4.79 Å². The van der Waals surface area contributed by atoms with Crippen LogP contribution in [-0.2, 0) is 17.8 Å². The zero-order valence-electron chi connectivity index (χ0n) is 15.5. The molecule has 0 aliphatic rings. The lowest BCUT2D eigenvalue weighted by Gasteiger charge is -2.18. The standard InChI is InChI=1S/C19H26N2O4/c1-6-13-8-14-12(4)7-17(23)25-19(14)15(18(13)24)9-21(5)10-16(22)20-11(2)3/h7-8,11,24H,6,9-10H2,1-5H3,(H,20,22)/p+1. The van der Waals surface area contributed by atoms with E-state index in [4.69, 9.17) is 4.42 Å². The Morgan fingerprint density at radius 2 is 2.04 bits per heavy atom. The minimum absolute atomic E-state index is 0.0550. The van der Waals surface area contributed by atoms with E-state index in [0.717, 1.165) is 21.4 Å². The fourth-order valence-electron chi connectivity index (χ4n) is 3.01. The van der Waals surface area contributed by atoms with Crippen molar-refractivity contribution in [2.75, 3.05) is 13.6 Å². The molecule has 0 saturated carbocycles. The maximum atomic E-state index is 12.0. The summed E-state index contributed by atoms with van der Waals surface area (Å²) in [5.41, 5.74) is 2.16. The summed E-state index contributed by atoms with van der Waals surface area (Å²) < 4.78 is 5.39. The molecule has 1 amide bonds. The smallest absolute Gasteiger partial charge is 0.336 e. The zero-order chi connectivity index (χ0) is 18.7. The van der Waals surface area contributed by atoms with E-state index in [-0.39, 0.29) is 24.2 Å². The average molecular weight is 347 g/mol. The Balaban J connectivity index is 2.43. The second-order valence-corrected chi connectivity index (χ2v) is 6.87. The molecule has 1 heterocycles. The summed E-state index contributed by atoms with van der Waals surface area (Å²) in [5.74, 6) is 0.0907. The molecule has 1 aromatic carbocycles. The fourth-order valence-corrected chi connectivity index (χ4v) is 3.01. The normalized spacial score (nSPS) is 12.6. The summed E-state index contributed by atoms with van der Waals surface area (Å²) in [6.07, 6.45) is 0.667. The van der Waals surface area contributed by atoms with E-state index in [2.05, 4.69) is 5.32 Å². The number of amides is 1. The molecule has 25 heavy (non-hydrogen) atoms. The third-order valence-corrected chi connectivity index (χ3v) is 4.16. The second-order valence-electron chi connectivity index (χ2n) is 6.87. The van der Waals surface area contributed by atoms with Crippen LogP contribution in [-0.4, -0.2) is 30.6 Å². The number of benzene rings is 1. The largest absolute Gasteiger partial charge is 0.507 e. The molecular formula is C19H27N2O4+. The minimum Gasteiger partial charge on any atom is -0.507 e. The van der Waals surface area contributed by atoms with Gasteiger partial charge in [0.15, 0.2) is 12.1 Å². The Morgan fingerprint density at radius 1 is 1.36 bits per heavy atom. The van der Waals surface area contributed by atoms with Crippen LogP contribution in [0.2, 0.25) is 0 Å². The molecule has 2 rings (SSSR count). The Hall–Kier alpha value is -2.34. The highest BCUT2D eigenvalue weighted by molar-refractivity contribution is 5.86. The number of hydrogen-bond acceptors (Lipinski definition) is 4. The van der Waals surface area contributed by atoms with Gasteiger partial charge in [0.2, 0.25) is 0 Å². The van der Waals surface area contributed by atoms with Crippen LogP contribution in [0.5, 0.6) is 5.75 Å². The van der Waals surface area contributed by atoms with E-state index in [0.29, 0.717) is 24.1 Å². The number of rotatable bonds is 6. The van der Waals surface area contributed by atoms with Crippen LogP contribution in [0.25, 0.3) is 11.0 Å². The van der Waals surface area contributed by atoms with Gasteiger partial charge >= 0.3 is 5.63 Å². The van der Waals surface area contributed by atoms with Gasteiger partial charge in [0.25, 0.3) is 5.91 Å². The van der Waals surface area contributed by atoms with Gasteiger partial charge in [0, 0.05) is 17.5 Å². The molecule has 0 aliphatic carbocycles. The molecule has 0 radical (unpaired) electrons. The van der Waals surface area contributed by atoms with E-state index >= 15 is 0 Å². The first-order valence-electron chi connectivity index (χ1n) is 8.61. The highest BCUT2D eigenvalue weighted by atomic mass is 16.4. The lowest BCUT2D eigenvalue weighted by Crippen LogP contribution is -3.09. The molecule has 0 aliphatic heterocycles. The zero-order valence-corrected chi connectivity index (χ0v) is 15.5. The van der Waals surface area contributed by atoms with Crippen molar-refractivity contribution in [3.05, 3.63) is 39.2 Å². The number of quaternary nitrogens is 1. The van der Waals surface area contributed by atoms with Gasteiger partial charge < -0.3 is 19.7 Å². The second kappa shape index (κ2) is 7.70. The number of phenols is 1. The van der Waals surface area contributed by atoms with Crippen LogP contribution in [0.1, 0.15) is 37.5 Å². The maximum absolute atomic E-state index is 12.0. The van der Waals surface area contributed by atoms with Gasteiger partial charge in [0.1, 0.15) is 12.3 Å². The summed E-state index contributed by atoms with van der Waals surface area (Å²) in [6.45, 7) is 8.29. The van der Waals surface area contributed by atoms with Crippen molar-refractivity contribution < 1.29 is 19.2 Å². The first kappa shape index (κ1) is 19.0. The topological polar surface area (TPSA) is 84.0 Å². The number of phenolic OH excluding ortho intramolecular Hbond substituents is 1. The molecule has 1 atom stereocenters. The minimum atomic E-state index is -0.440. The van der Waals surface area contributed by atoms with Crippen LogP contribution in [0, 0.1) is 6.92 Å². The lowest BCUT2D eigenvalue weighted by molar-refractivity contribution is -0.885. The van der Waals surface area contributed by atoms with Crippen LogP contribution in [0.3, 0.4) is 0 Å². The Bertz CT molecular complexity index is 839. The van der Waals surface area contributed by atoms with Gasteiger partial charge in [-0.05, 0) is 44.4 Å². The van der Waals surface area contributed by atoms with Crippen molar-refractivity contribution in [1.82, 2.24) is 5.32 Å². The van der Waals surface area contributed by atoms with E-state index in [1.807, 2.05) is 40.8 Å². The number of aryl methyl sites for hydroxylation is 2. The molecule has 6 heteroatoms. The third-order valence-electron chi connectivity index (χ3n) is 4.16. The molecule has 0 spiro atoms. The molecule has 0 saturated heterocycles. The molecule has 6 nitrogen and oxygen atoms in total. The molecular weight excluding hydrogens is 320 g/mol. The summed E-state index contributed by atoms with van der Waals surface area (Å²) in [6, 6.07) is 3.40. The lowest BCUT2D eigenvalue weighted by atomic mass is 9.99. The van der Waals surface area contributed by atoms with Gasteiger partial charge in [-0.2, -0.15) is 0 Å². The summed E-state index contributed by atoms with van der Waals surface area (Å²) >= 11 is 0. The first-order valence-corrected chi connectivity index (χ1v) is 8.61. The molecule has 0 fully saturated rings. The predicted octanol–water partition coefficient (Wildman–Crippen LogP) is 0.909. The quantitative estimate of drug-likeness (QED) is 0.678. The maximum Gasteiger partial charge on any atom is 0.336 e. The number of fused-ring (bicyclic) bond motifs is 1. The molecule has 1 aromatic heterocycles. The highest BCUT2D eigenvalue weighted by Gasteiger charge is 2.20. The predicted molar refractivity (Wildman–Crippen MR) is 97.0 cm³/mol. The molecule has 0 bridgehead atoms. The van der Waals surface area contributed by atoms with Gasteiger partial charge in [-0.3, -0.25) is 4.79 Å². The van der Waals surface area contributed by atoms with Crippen LogP contribution in [0.4, 0.5) is 0 Å². The van der Waals surface area contributed by atoms with Gasteiger partial charge in [-0.1, -0.05) is 6.92 Å². The number of aromatic hydroxyl groups is 1. The molecule has 3 N–H and O–H groups in total. The Morgan fingerprint density at radius 3 is 2.64 bits per heavy atom. The molecule has 136 valence electrons. The summed E-state index contributed by atoms with van der Waals surface area (Å²) in [5, 5.41) is 14.3. The van der Waals surface area contributed by atoms with Crippen molar-refractivity contribution in [2.24, 2.45) is 0 Å². The number of carbonyl (C=O) groups is 1. The van der Waals surface area contributed by atoms with Crippen LogP contribution in [0.15, 0.2) is 21.3 Å². The van der Waals surface area contributed by atoms with E-state index < -0.39 is 5.63 Å². The molecule has 2 aromatic rings. The SMILES string of the molecule is CCc1cc2c(C)cc(=O)oc2c(C[NH+](C)CC(=O)NC(C)C)c1O. The van der Waals surface area contributed by atoms with Gasteiger partial charge in [0.05, 0.1) is 12.6 Å². The van der Waals surface area contributed by atoms with Crippen molar-refractivity contribution in [3.63, 3.8) is 0 Å². The number of carbonyl (C=O) groups excluding carboxylic acids is 1. The number of hydrogen-bond donors (Lipinski definition) is 3. The Labute approximate surface area is 147 Å². The van der Waals surface area contributed by atoms with Gasteiger partial charge in [-0.15, -0.1) is 0 Å². The van der Waals surface area contributed by atoms with Crippen molar-refractivity contribution in [2.45, 2.75) is 46.7 Å². The summed E-state index contributed by atoms with van der Waals surface area (Å²) in [7, 11) is 1.87. The average Bonchev–Trinajstić information content (AvgIpc) is 2.49. The van der Waals surface area contributed by atoms with Crippen molar-refractivity contribution in [1.29, 1.82) is 0 Å². The fraction of sp³-hybridized carbons (Fsp3) is 0.474. The first-order chi connectivity index (χ1) is 11.7. The van der Waals surface area contributed by atoms with E-state index in [1.54, 1.807) is 0 Å². The Kier molecular flexibility index (Phi) is 5.85. The van der Waals surface area contributed by atoms with E-state index in [1.165, 1.54) is 6.07 Å². The third kappa shape index (κ3) is 4.39. The summed E-state index contributed by atoms with van der Waals surface area (Å²) in [4.78, 5) is 24.6. The van der Waals surface area contributed by atoms with Crippen LogP contribution < -0.4 is 15.8 Å². The van der Waals surface area contributed by atoms with Crippen molar-refractivity contribution >= 4 is 16.9 Å². The monoisotopic (exact) mass is 347 g/mol. The van der Waals surface area contributed by atoms with Crippen LogP contribution >= 0.6 is 0 Å². The number of likely N-dealkylation sites (N-methyl/N-ethyl adjacent to an activating group) is 1. The highest BCUT2D eigenvalue weighted by Crippen LogP contribution is 2.32. The number of nitrogens with one attached hydrogen (secondary N) is 2.